The van der Waals surface area contributed by atoms with Gasteiger partial charge in [0.1, 0.15) is 0 Å². The summed E-state index contributed by atoms with van der Waals surface area (Å²) in [4.78, 5) is 15.5. The minimum atomic E-state index is -0.202. The van der Waals surface area contributed by atoms with E-state index in [2.05, 4.69) is 42.3 Å². The van der Waals surface area contributed by atoms with Crippen LogP contribution in [0.4, 0.5) is 5.00 Å². The van der Waals surface area contributed by atoms with Crippen LogP contribution in [0.25, 0.3) is 0 Å². The van der Waals surface area contributed by atoms with Crippen LogP contribution in [-0.4, -0.2) is 38.4 Å². The Kier molecular flexibility index (Phi) is 5.74. The van der Waals surface area contributed by atoms with Gasteiger partial charge in [0.2, 0.25) is 0 Å². The first-order valence-corrected chi connectivity index (χ1v) is 9.61. The van der Waals surface area contributed by atoms with Crippen LogP contribution in [0.2, 0.25) is 0 Å². The molecule has 0 unspecified atom stereocenters. The number of ether oxygens (including phenoxy) is 1. The first-order valence-electron chi connectivity index (χ1n) is 8.80. The van der Waals surface area contributed by atoms with Gasteiger partial charge in [-0.1, -0.05) is 32.9 Å². The predicted molar refractivity (Wildman–Crippen MR) is 108 cm³/mol. The summed E-state index contributed by atoms with van der Waals surface area (Å²) in [5, 5.41) is 5.30. The van der Waals surface area contributed by atoms with Crippen molar-refractivity contribution in [1.82, 2.24) is 5.43 Å². The molecule has 1 aliphatic rings. The van der Waals surface area contributed by atoms with Crippen LogP contribution in [0.5, 0.6) is 0 Å². The van der Waals surface area contributed by atoms with E-state index in [9.17, 15) is 4.79 Å². The Labute approximate surface area is 158 Å². The Balaban J connectivity index is 1.56. The standard InChI is InChI=1S/C20H25N3O2S/c1-20(2,3)16-6-4-15(5-7-16)19(24)22-21-14-17-8-9-18(26-17)23-10-12-25-13-11-23/h4-9,14H,10-13H2,1-3H3,(H,22,24)/b21-14-. The van der Waals surface area contributed by atoms with Crippen LogP contribution >= 0.6 is 11.3 Å². The van der Waals surface area contributed by atoms with Gasteiger partial charge in [0, 0.05) is 23.5 Å². The smallest absolute Gasteiger partial charge is 0.271 e. The maximum Gasteiger partial charge on any atom is 0.271 e. The average molecular weight is 372 g/mol. The van der Waals surface area contributed by atoms with Gasteiger partial charge in [-0.15, -0.1) is 11.3 Å². The number of carbonyl (C=O) groups excluding carboxylic acids is 1. The fourth-order valence-electron chi connectivity index (χ4n) is 2.71. The van der Waals surface area contributed by atoms with Crippen molar-refractivity contribution in [2.75, 3.05) is 31.2 Å². The predicted octanol–water partition coefficient (Wildman–Crippen LogP) is 3.65. The molecule has 1 amide bonds. The summed E-state index contributed by atoms with van der Waals surface area (Å²) in [6.07, 6.45) is 1.69. The Morgan fingerprint density at radius 1 is 1.15 bits per heavy atom. The molecule has 26 heavy (non-hydrogen) atoms. The highest BCUT2D eigenvalue weighted by Gasteiger charge is 2.14. The van der Waals surface area contributed by atoms with E-state index < -0.39 is 0 Å². The first kappa shape index (κ1) is 18.6. The molecule has 3 rings (SSSR count). The van der Waals surface area contributed by atoms with Crippen molar-refractivity contribution < 1.29 is 9.53 Å². The molecule has 0 bridgehead atoms. The molecule has 0 saturated carbocycles. The summed E-state index contributed by atoms with van der Waals surface area (Å²) < 4.78 is 5.38. The van der Waals surface area contributed by atoms with Crippen LogP contribution in [0.15, 0.2) is 41.5 Å². The molecule has 1 fully saturated rings. The van der Waals surface area contributed by atoms with E-state index in [1.54, 1.807) is 17.6 Å². The number of hydrogen-bond acceptors (Lipinski definition) is 5. The maximum atomic E-state index is 12.2. The summed E-state index contributed by atoms with van der Waals surface area (Å²) in [5.41, 5.74) is 4.48. The van der Waals surface area contributed by atoms with Gasteiger partial charge in [-0.3, -0.25) is 4.79 Å². The summed E-state index contributed by atoms with van der Waals surface area (Å²) >= 11 is 1.66. The Morgan fingerprint density at radius 2 is 1.85 bits per heavy atom. The van der Waals surface area contributed by atoms with Gasteiger partial charge in [0.15, 0.2) is 0 Å². The Bertz CT molecular complexity index is 769. The third-order valence-corrected chi connectivity index (χ3v) is 5.39. The zero-order valence-corrected chi connectivity index (χ0v) is 16.3. The zero-order valence-electron chi connectivity index (χ0n) is 15.5. The molecule has 1 aliphatic heterocycles. The monoisotopic (exact) mass is 371 g/mol. The average Bonchev–Trinajstić information content (AvgIpc) is 3.11. The number of morpholine rings is 1. The lowest BCUT2D eigenvalue weighted by Gasteiger charge is -2.27. The zero-order chi connectivity index (χ0) is 18.6. The summed E-state index contributed by atoms with van der Waals surface area (Å²) in [5.74, 6) is -0.202. The summed E-state index contributed by atoms with van der Waals surface area (Å²) in [7, 11) is 0. The minimum Gasteiger partial charge on any atom is -0.378 e. The number of nitrogens with zero attached hydrogens (tertiary/aromatic N) is 2. The van der Waals surface area contributed by atoms with E-state index in [1.807, 2.05) is 30.3 Å². The molecule has 2 heterocycles. The van der Waals surface area contributed by atoms with Crippen molar-refractivity contribution in [1.29, 1.82) is 0 Å². The lowest BCUT2D eigenvalue weighted by Crippen LogP contribution is -2.35. The SMILES string of the molecule is CC(C)(C)c1ccc(C(=O)N/N=C\c2ccc(N3CCOCC3)s2)cc1. The van der Waals surface area contributed by atoms with Crippen molar-refractivity contribution in [3.05, 3.63) is 52.4 Å². The highest BCUT2D eigenvalue weighted by Crippen LogP contribution is 2.25. The largest absolute Gasteiger partial charge is 0.378 e. The molecule has 0 atom stereocenters. The number of hydrogen-bond donors (Lipinski definition) is 1. The molecule has 1 saturated heterocycles. The van der Waals surface area contributed by atoms with Gasteiger partial charge in [0.05, 0.1) is 24.4 Å². The van der Waals surface area contributed by atoms with Gasteiger partial charge in [-0.2, -0.15) is 5.10 Å². The van der Waals surface area contributed by atoms with Crippen molar-refractivity contribution in [2.45, 2.75) is 26.2 Å². The second kappa shape index (κ2) is 8.01. The topological polar surface area (TPSA) is 53.9 Å². The summed E-state index contributed by atoms with van der Waals surface area (Å²) in [6.45, 7) is 9.82. The third kappa shape index (κ3) is 4.71. The van der Waals surface area contributed by atoms with Crippen molar-refractivity contribution >= 4 is 28.5 Å². The van der Waals surface area contributed by atoms with E-state index in [0.29, 0.717) is 5.56 Å². The quantitative estimate of drug-likeness (QED) is 0.659. The number of anilines is 1. The number of nitrogens with one attached hydrogen (secondary N) is 1. The molecule has 1 aromatic heterocycles. The van der Waals surface area contributed by atoms with Crippen molar-refractivity contribution in [3.63, 3.8) is 0 Å². The number of amides is 1. The molecule has 5 nitrogen and oxygen atoms in total. The number of rotatable bonds is 4. The van der Waals surface area contributed by atoms with Crippen LogP contribution in [0, 0.1) is 0 Å². The molecular weight excluding hydrogens is 346 g/mol. The van der Waals surface area contributed by atoms with Gasteiger partial charge < -0.3 is 9.64 Å². The summed E-state index contributed by atoms with van der Waals surface area (Å²) in [6, 6.07) is 11.8. The van der Waals surface area contributed by atoms with Gasteiger partial charge in [-0.05, 0) is 35.2 Å². The maximum absolute atomic E-state index is 12.2. The molecule has 1 aromatic carbocycles. The van der Waals surface area contributed by atoms with E-state index in [0.717, 1.165) is 31.2 Å². The second-order valence-electron chi connectivity index (χ2n) is 7.30. The highest BCUT2D eigenvalue weighted by molar-refractivity contribution is 7.17. The molecule has 0 spiro atoms. The molecule has 2 aromatic rings. The number of benzene rings is 1. The van der Waals surface area contributed by atoms with Crippen LogP contribution in [-0.2, 0) is 10.2 Å². The lowest BCUT2D eigenvalue weighted by atomic mass is 9.87. The Hall–Kier alpha value is -2.18. The highest BCUT2D eigenvalue weighted by atomic mass is 32.1. The first-order chi connectivity index (χ1) is 12.4. The fourth-order valence-corrected chi connectivity index (χ4v) is 3.64. The van der Waals surface area contributed by atoms with E-state index in [1.165, 1.54) is 10.6 Å². The van der Waals surface area contributed by atoms with E-state index >= 15 is 0 Å². The van der Waals surface area contributed by atoms with E-state index in [4.69, 9.17) is 4.74 Å². The lowest BCUT2D eigenvalue weighted by molar-refractivity contribution is 0.0955. The fraction of sp³-hybridized carbons (Fsp3) is 0.400. The number of hydrazone groups is 1. The molecule has 6 heteroatoms. The normalized spacial score (nSPS) is 15.4. The Morgan fingerprint density at radius 3 is 2.50 bits per heavy atom. The van der Waals surface area contributed by atoms with Gasteiger partial charge in [-0.25, -0.2) is 5.43 Å². The van der Waals surface area contributed by atoms with Crippen LogP contribution < -0.4 is 10.3 Å². The van der Waals surface area contributed by atoms with Crippen LogP contribution in [0.1, 0.15) is 41.6 Å². The molecule has 138 valence electrons. The van der Waals surface area contributed by atoms with Crippen molar-refractivity contribution in [2.24, 2.45) is 5.10 Å². The number of thiophene rings is 1. The van der Waals surface area contributed by atoms with Gasteiger partial charge >= 0.3 is 0 Å². The van der Waals surface area contributed by atoms with E-state index in [-0.39, 0.29) is 11.3 Å². The molecule has 0 aliphatic carbocycles. The molecule has 0 radical (unpaired) electrons. The molecular formula is C20H25N3O2S. The molecule has 1 N–H and O–H groups in total. The number of carbonyl (C=O) groups is 1. The van der Waals surface area contributed by atoms with Gasteiger partial charge in [0.25, 0.3) is 5.91 Å². The van der Waals surface area contributed by atoms with Crippen molar-refractivity contribution in [3.8, 4) is 0 Å². The van der Waals surface area contributed by atoms with Crippen LogP contribution in [0.3, 0.4) is 0 Å². The minimum absolute atomic E-state index is 0.0739. The third-order valence-electron chi connectivity index (χ3n) is 4.31. The second-order valence-corrected chi connectivity index (χ2v) is 8.40.